The molecule has 0 unspecified atom stereocenters. The minimum Gasteiger partial charge on any atom is -0.504 e. The second-order valence-electron chi connectivity index (χ2n) is 3.01. The van der Waals surface area contributed by atoms with Gasteiger partial charge < -0.3 is 9.84 Å². The fourth-order valence-corrected chi connectivity index (χ4v) is 1.69. The summed E-state index contributed by atoms with van der Waals surface area (Å²) in [6, 6.07) is 5.45. The van der Waals surface area contributed by atoms with E-state index in [1.165, 1.54) is 18.9 Å². The Kier molecular flexibility index (Phi) is 4.85. The number of aromatic hydroxyl groups is 1. The Morgan fingerprint density at radius 1 is 1.53 bits per heavy atom. The van der Waals surface area contributed by atoms with Crippen LogP contribution in [-0.2, 0) is 6.42 Å². The van der Waals surface area contributed by atoms with Gasteiger partial charge in [-0.15, -0.1) is 0 Å². The number of methoxy groups -OCH3 is 1. The summed E-state index contributed by atoms with van der Waals surface area (Å²) >= 11 is 1.24. The zero-order valence-electron chi connectivity index (χ0n) is 8.56. The van der Waals surface area contributed by atoms with Crippen LogP contribution in [-0.4, -0.2) is 18.0 Å². The molecular weight excluding hydrogens is 210 g/mol. The first-order chi connectivity index (χ1) is 7.29. The summed E-state index contributed by atoms with van der Waals surface area (Å²) in [6.45, 7) is 0. The second-order valence-corrected chi connectivity index (χ2v) is 3.89. The van der Waals surface area contributed by atoms with Crippen molar-refractivity contribution in [1.29, 1.82) is 5.26 Å². The molecule has 3 nitrogen and oxygen atoms in total. The molecule has 0 saturated heterocycles. The van der Waals surface area contributed by atoms with Crippen molar-refractivity contribution in [3.8, 4) is 16.9 Å². The summed E-state index contributed by atoms with van der Waals surface area (Å²) in [7, 11) is 1.53. The number of nitriles is 1. The Bertz CT molecular complexity index is 360. The van der Waals surface area contributed by atoms with E-state index in [1.807, 2.05) is 17.5 Å². The highest BCUT2D eigenvalue weighted by molar-refractivity contribution is 8.03. The highest BCUT2D eigenvalue weighted by Gasteiger charge is 2.06. The standard InChI is InChI=1S/C11H13NO2S/c1-14-10-6-2-4-9(11(10)13)5-3-7-15-8-12/h2,4,6,13H,3,5,7H2,1H3. The highest BCUT2D eigenvalue weighted by Crippen LogP contribution is 2.30. The first-order valence-electron chi connectivity index (χ1n) is 4.65. The quantitative estimate of drug-likeness (QED) is 0.615. The lowest BCUT2D eigenvalue weighted by Gasteiger charge is -2.07. The SMILES string of the molecule is COc1cccc(CCCSC#N)c1O. The first kappa shape index (κ1) is 11.7. The topological polar surface area (TPSA) is 53.2 Å². The third-order valence-electron chi connectivity index (χ3n) is 2.06. The maximum atomic E-state index is 9.75. The molecule has 0 bridgehead atoms. The van der Waals surface area contributed by atoms with Gasteiger partial charge in [0.1, 0.15) is 5.40 Å². The monoisotopic (exact) mass is 223 g/mol. The van der Waals surface area contributed by atoms with Crippen LogP contribution in [0.15, 0.2) is 18.2 Å². The van der Waals surface area contributed by atoms with Crippen molar-refractivity contribution in [1.82, 2.24) is 0 Å². The normalized spacial score (nSPS) is 9.60. The molecule has 0 atom stereocenters. The maximum Gasteiger partial charge on any atom is 0.160 e. The van der Waals surface area contributed by atoms with Gasteiger partial charge in [0.15, 0.2) is 11.5 Å². The summed E-state index contributed by atoms with van der Waals surface area (Å²) in [5, 5.41) is 20.1. The van der Waals surface area contributed by atoms with Crippen LogP contribution >= 0.6 is 11.8 Å². The van der Waals surface area contributed by atoms with Crippen LogP contribution in [0.5, 0.6) is 11.5 Å². The Morgan fingerprint density at radius 2 is 2.33 bits per heavy atom. The van der Waals surface area contributed by atoms with Crippen molar-refractivity contribution in [2.24, 2.45) is 0 Å². The van der Waals surface area contributed by atoms with E-state index in [0.717, 1.165) is 24.2 Å². The Hall–Kier alpha value is -1.34. The van der Waals surface area contributed by atoms with Gasteiger partial charge in [0.25, 0.3) is 0 Å². The molecule has 0 aromatic heterocycles. The molecule has 1 aromatic rings. The fourth-order valence-electron chi connectivity index (χ4n) is 1.31. The van der Waals surface area contributed by atoms with Crippen LogP contribution in [0.2, 0.25) is 0 Å². The third-order valence-corrected chi connectivity index (χ3v) is 2.68. The number of nitrogens with zero attached hydrogens (tertiary/aromatic N) is 1. The number of phenolic OH excluding ortho intramolecular Hbond substituents is 1. The molecule has 80 valence electrons. The molecule has 0 amide bonds. The number of rotatable bonds is 5. The molecule has 0 saturated carbocycles. The van der Waals surface area contributed by atoms with Gasteiger partial charge >= 0.3 is 0 Å². The summed E-state index contributed by atoms with van der Waals surface area (Å²) in [5.41, 5.74) is 0.868. The number of hydrogen-bond acceptors (Lipinski definition) is 4. The molecule has 1 N–H and O–H groups in total. The maximum absolute atomic E-state index is 9.75. The van der Waals surface area contributed by atoms with E-state index in [2.05, 4.69) is 0 Å². The zero-order valence-corrected chi connectivity index (χ0v) is 9.38. The number of phenols is 1. The molecule has 15 heavy (non-hydrogen) atoms. The van der Waals surface area contributed by atoms with E-state index in [4.69, 9.17) is 10.00 Å². The van der Waals surface area contributed by atoms with E-state index in [1.54, 1.807) is 6.07 Å². The van der Waals surface area contributed by atoms with E-state index in [-0.39, 0.29) is 5.75 Å². The van der Waals surface area contributed by atoms with Gasteiger partial charge in [0, 0.05) is 5.75 Å². The number of aryl methyl sites for hydroxylation is 1. The number of ether oxygens (including phenoxy) is 1. The smallest absolute Gasteiger partial charge is 0.160 e. The summed E-state index contributed by atoms with van der Waals surface area (Å²) in [4.78, 5) is 0. The molecule has 0 fully saturated rings. The Balaban J connectivity index is 2.58. The van der Waals surface area contributed by atoms with Gasteiger partial charge in [-0.2, -0.15) is 5.26 Å². The van der Waals surface area contributed by atoms with Gasteiger partial charge in [-0.05, 0) is 36.2 Å². The van der Waals surface area contributed by atoms with Gasteiger partial charge in [-0.3, -0.25) is 0 Å². The van der Waals surface area contributed by atoms with Crippen molar-refractivity contribution in [3.05, 3.63) is 23.8 Å². The molecule has 0 aliphatic rings. The third kappa shape index (κ3) is 3.37. The van der Waals surface area contributed by atoms with Gasteiger partial charge in [-0.1, -0.05) is 12.1 Å². The molecule has 0 radical (unpaired) electrons. The van der Waals surface area contributed by atoms with Crippen molar-refractivity contribution in [2.45, 2.75) is 12.8 Å². The number of para-hydroxylation sites is 1. The molecule has 0 aliphatic carbocycles. The van der Waals surface area contributed by atoms with Gasteiger partial charge in [0.05, 0.1) is 7.11 Å². The number of thioether (sulfide) groups is 1. The molecule has 0 spiro atoms. The minimum atomic E-state index is 0.210. The number of thiocyanates is 1. The van der Waals surface area contributed by atoms with E-state index in [0.29, 0.717) is 5.75 Å². The van der Waals surface area contributed by atoms with E-state index in [9.17, 15) is 5.11 Å². The van der Waals surface area contributed by atoms with Crippen LogP contribution in [0.4, 0.5) is 0 Å². The van der Waals surface area contributed by atoms with Crippen LogP contribution in [0.25, 0.3) is 0 Å². The number of hydrogen-bond donors (Lipinski definition) is 1. The largest absolute Gasteiger partial charge is 0.504 e. The lowest BCUT2D eigenvalue weighted by Crippen LogP contribution is -1.91. The molecule has 1 aromatic carbocycles. The van der Waals surface area contributed by atoms with Crippen molar-refractivity contribution < 1.29 is 9.84 Å². The van der Waals surface area contributed by atoms with Crippen molar-refractivity contribution >= 4 is 11.8 Å². The molecule has 4 heteroatoms. The first-order valence-corrected chi connectivity index (χ1v) is 5.64. The van der Waals surface area contributed by atoms with Gasteiger partial charge in [-0.25, -0.2) is 0 Å². The van der Waals surface area contributed by atoms with Crippen LogP contribution < -0.4 is 4.74 Å². The Labute approximate surface area is 93.7 Å². The minimum absolute atomic E-state index is 0.210. The summed E-state index contributed by atoms with van der Waals surface area (Å²) in [6.07, 6.45) is 1.64. The Morgan fingerprint density at radius 3 is 3.00 bits per heavy atom. The second kappa shape index (κ2) is 6.20. The average molecular weight is 223 g/mol. The summed E-state index contributed by atoms with van der Waals surface area (Å²) in [5.74, 6) is 1.50. The van der Waals surface area contributed by atoms with Gasteiger partial charge in [0.2, 0.25) is 0 Å². The van der Waals surface area contributed by atoms with E-state index < -0.39 is 0 Å². The molecule has 0 aliphatic heterocycles. The average Bonchev–Trinajstić information content (AvgIpc) is 2.26. The molecule has 0 heterocycles. The molecule has 1 rings (SSSR count). The van der Waals surface area contributed by atoms with E-state index >= 15 is 0 Å². The highest BCUT2D eigenvalue weighted by atomic mass is 32.2. The van der Waals surface area contributed by atoms with Crippen molar-refractivity contribution in [3.63, 3.8) is 0 Å². The van der Waals surface area contributed by atoms with Crippen LogP contribution in [0, 0.1) is 10.7 Å². The summed E-state index contributed by atoms with van der Waals surface area (Å²) < 4.78 is 5.01. The zero-order chi connectivity index (χ0) is 11.1. The lowest BCUT2D eigenvalue weighted by molar-refractivity contribution is 0.370. The molecular formula is C11H13NO2S. The lowest BCUT2D eigenvalue weighted by atomic mass is 10.1. The predicted molar refractivity (Wildman–Crippen MR) is 61.1 cm³/mol. The van der Waals surface area contributed by atoms with Crippen LogP contribution in [0.1, 0.15) is 12.0 Å². The predicted octanol–water partition coefficient (Wildman–Crippen LogP) is 2.55. The fraction of sp³-hybridized carbons (Fsp3) is 0.364. The van der Waals surface area contributed by atoms with Crippen LogP contribution in [0.3, 0.4) is 0 Å². The van der Waals surface area contributed by atoms with Crippen molar-refractivity contribution in [2.75, 3.05) is 12.9 Å². The number of benzene rings is 1.